The summed E-state index contributed by atoms with van der Waals surface area (Å²) in [6.45, 7) is 0. The number of hydrogen-bond acceptors (Lipinski definition) is 4. The number of hydrogen-bond donors (Lipinski definition) is 1. The van der Waals surface area contributed by atoms with Crippen LogP contribution in [0.5, 0.6) is 0 Å². The molecule has 2 rings (SSSR count). The van der Waals surface area contributed by atoms with Crippen LogP contribution >= 0.6 is 0 Å². The molecule has 0 bridgehead atoms. The van der Waals surface area contributed by atoms with E-state index in [2.05, 4.69) is 10.3 Å². The highest BCUT2D eigenvalue weighted by atomic mass is 19.4. The molecule has 2 aromatic rings. The number of nitrogens with zero attached hydrogens (tertiary/aromatic N) is 2. The van der Waals surface area contributed by atoms with Crippen LogP contribution < -0.4 is 5.32 Å². The highest BCUT2D eigenvalue weighted by Gasteiger charge is 2.30. The van der Waals surface area contributed by atoms with E-state index in [1.807, 2.05) is 0 Å². The second-order valence-corrected chi connectivity index (χ2v) is 3.86. The lowest BCUT2D eigenvalue weighted by Gasteiger charge is -2.08. The number of halogens is 3. The summed E-state index contributed by atoms with van der Waals surface area (Å²) in [7, 11) is 0. The van der Waals surface area contributed by atoms with Gasteiger partial charge >= 0.3 is 6.18 Å². The highest BCUT2D eigenvalue weighted by molar-refractivity contribution is 5.58. The molecule has 1 N–H and O–H groups in total. The third-order valence-electron chi connectivity index (χ3n) is 2.44. The summed E-state index contributed by atoms with van der Waals surface area (Å²) >= 11 is 0. The molecular formula is C12H8F3N3O2. The van der Waals surface area contributed by atoms with Gasteiger partial charge in [0.25, 0.3) is 5.69 Å². The molecule has 1 heterocycles. The first-order valence-electron chi connectivity index (χ1n) is 5.41. The molecule has 0 aliphatic rings. The highest BCUT2D eigenvalue weighted by Crippen LogP contribution is 2.29. The van der Waals surface area contributed by atoms with Crippen molar-refractivity contribution in [3.8, 4) is 0 Å². The number of nitro benzene ring substituents is 1. The molecule has 0 aliphatic heterocycles. The monoisotopic (exact) mass is 283 g/mol. The van der Waals surface area contributed by atoms with Crippen LogP contribution in [-0.4, -0.2) is 9.91 Å². The van der Waals surface area contributed by atoms with Gasteiger partial charge in [0, 0.05) is 24.0 Å². The summed E-state index contributed by atoms with van der Waals surface area (Å²) in [6, 6.07) is 7.54. The van der Waals surface area contributed by atoms with E-state index in [-0.39, 0.29) is 11.5 Å². The number of pyridine rings is 1. The fourth-order valence-corrected chi connectivity index (χ4v) is 1.45. The third-order valence-corrected chi connectivity index (χ3v) is 2.44. The minimum atomic E-state index is -4.43. The molecule has 0 spiro atoms. The van der Waals surface area contributed by atoms with Gasteiger partial charge in [0.05, 0.1) is 10.5 Å². The zero-order valence-corrected chi connectivity index (χ0v) is 9.89. The lowest BCUT2D eigenvalue weighted by atomic mass is 10.2. The van der Waals surface area contributed by atoms with Crippen LogP contribution in [0.4, 0.5) is 30.4 Å². The molecule has 0 unspecified atom stereocenters. The maximum Gasteiger partial charge on any atom is 0.417 e. The Hall–Kier alpha value is -2.64. The van der Waals surface area contributed by atoms with Crippen LogP contribution in [0.15, 0.2) is 42.6 Å². The van der Waals surface area contributed by atoms with Gasteiger partial charge in [-0.1, -0.05) is 0 Å². The van der Waals surface area contributed by atoms with Crippen LogP contribution in [0.1, 0.15) is 5.56 Å². The molecule has 0 saturated carbocycles. The Morgan fingerprint density at radius 3 is 2.20 bits per heavy atom. The summed E-state index contributed by atoms with van der Waals surface area (Å²) in [6.07, 6.45) is -3.72. The number of anilines is 2. The molecular weight excluding hydrogens is 275 g/mol. The van der Waals surface area contributed by atoms with Gasteiger partial charge in [0.15, 0.2) is 0 Å². The molecule has 0 radical (unpaired) electrons. The summed E-state index contributed by atoms with van der Waals surface area (Å²) in [5.74, 6) is 0.215. The Balaban J connectivity index is 2.12. The zero-order valence-electron chi connectivity index (χ0n) is 9.89. The minimum Gasteiger partial charge on any atom is -0.340 e. The molecule has 0 amide bonds. The number of aromatic nitrogens is 1. The van der Waals surface area contributed by atoms with Crippen molar-refractivity contribution in [2.24, 2.45) is 0 Å². The van der Waals surface area contributed by atoms with Crippen molar-refractivity contribution in [3.63, 3.8) is 0 Å². The van der Waals surface area contributed by atoms with E-state index >= 15 is 0 Å². The first kappa shape index (κ1) is 13.8. The summed E-state index contributed by atoms with van der Waals surface area (Å²) in [5.41, 5.74) is -0.425. The lowest BCUT2D eigenvalue weighted by Crippen LogP contribution is -2.05. The largest absolute Gasteiger partial charge is 0.417 e. The van der Waals surface area contributed by atoms with Gasteiger partial charge < -0.3 is 5.32 Å². The third kappa shape index (κ3) is 3.22. The molecule has 1 aromatic heterocycles. The number of alkyl halides is 3. The fraction of sp³-hybridized carbons (Fsp3) is 0.0833. The Morgan fingerprint density at radius 2 is 1.75 bits per heavy atom. The Morgan fingerprint density at radius 1 is 1.10 bits per heavy atom. The van der Waals surface area contributed by atoms with E-state index in [0.29, 0.717) is 11.9 Å². The number of rotatable bonds is 3. The molecule has 104 valence electrons. The van der Waals surface area contributed by atoms with E-state index in [4.69, 9.17) is 0 Å². The molecule has 8 heteroatoms. The van der Waals surface area contributed by atoms with Crippen molar-refractivity contribution in [2.75, 3.05) is 5.32 Å². The van der Waals surface area contributed by atoms with E-state index in [1.54, 1.807) is 0 Å². The van der Waals surface area contributed by atoms with Crippen molar-refractivity contribution in [3.05, 3.63) is 58.3 Å². The first-order valence-corrected chi connectivity index (χ1v) is 5.41. The minimum absolute atomic E-state index is 0.0732. The summed E-state index contributed by atoms with van der Waals surface area (Å²) in [5, 5.41) is 13.2. The molecule has 0 fully saturated rings. The van der Waals surface area contributed by atoms with Gasteiger partial charge in [-0.3, -0.25) is 10.1 Å². The second-order valence-electron chi connectivity index (χ2n) is 3.86. The van der Waals surface area contributed by atoms with Crippen LogP contribution in [0.2, 0.25) is 0 Å². The maximum atomic E-state index is 12.3. The van der Waals surface area contributed by atoms with E-state index in [9.17, 15) is 23.3 Å². The first-order chi connectivity index (χ1) is 9.36. The average Bonchev–Trinajstić information content (AvgIpc) is 2.39. The van der Waals surface area contributed by atoms with Crippen molar-refractivity contribution in [1.82, 2.24) is 4.98 Å². The van der Waals surface area contributed by atoms with Gasteiger partial charge in [0.1, 0.15) is 5.82 Å². The smallest absolute Gasteiger partial charge is 0.340 e. The standard InChI is InChI=1S/C12H8F3N3O2/c13-12(14,15)8-1-6-11(16-7-8)17-9-2-4-10(5-3-9)18(19)20/h1-7H,(H,16,17). The summed E-state index contributed by atoms with van der Waals surface area (Å²) < 4.78 is 37.0. The normalized spacial score (nSPS) is 11.2. The molecule has 5 nitrogen and oxygen atoms in total. The van der Waals surface area contributed by atoms with Crippen molar-refractivity contribution < 1.29 is 18.1 Å². The van der Waals surface area contributed by atoms with Crippen molar-refractivity contribution >= 4 is 17.2 Å². The van der Waals surface area contributed by atoms with Gasteiger partial charge in [-0.05, 0) is 24.3 Å². The van der Waals surface area contributed by atoms with Crippen LogP contribution in [0, 0.1) is 10.1 Å². The van der Waals surface area contributed by atoms with Crippen LogP contribution in [0.3, 0.4) is 0 Å². The average molecular weight is 283 g/mol. The molecule has 0 saturated heterocycles. The van der Waals surface area contributed by atoms with Crippen molar-refractivity contribution in [2.45, 2.75) is 6.18 Å². The number of non-ortho nitro benzene ring substituents is 1. The number of benzene rings is 1. The van der Waals surface area contributed by atoms with E-state index in [1.165, 1.54) is 30.3 Å². The summed E-state index contributed by atoms with van der Waals surface area (Å²) in [4.78, 5) is 13.6. The topological polar surface area (TPSA) is 68.1 Å². The van der Waals surface area contributed by atoms with Gasteiger partial charge in [-0.15, -0.1) is 0 Å². The molecule has 0 atom stereocenters. The lowest BCUT2D eigenvalue weighted by molar-refractivity contribution is -0.384. The van der Waals surface area contributed by atoms with E-state index < -0.39 is 16.7 Å². The Labute approximate surface area is 111 Å². The van der Waals surface area contributed by atoms with E-state index in [0.717, 1.165) is 6.07 Å². The van der Waals surface area contributed by atoms with Crippen LogP contribution in [-0.2, 0) is 6.18 Å². The van der Waals surface area contributed by atoms with Gasteiger partial charge in [-0.2, -0.15) is 13.2 Å². The quantitative estimate of drug-likeness (QED) is 0.688. The Bertz CT molecular complexity index is 609. The predicted molar refractivity (Wildman–Crippen MR) is 65.6 cm³/mol. The SMILES string of the molecule is O=[N+]([O-])c1ccc(Nc2ccc(C(F)(F)F)cn2)cc1. The van der Waals surface area contributed by atoms with Crippen LogP contribution in [0.25, 0.3) is 0 Å². The molecule has 0 aliphatic carbocycles. The van der Waals surface area contributed by atoms with Crippen molar-refractivity contribution in [1.29, 1.82) is 0 Å². The fourth-order valence-electron chi connectivity index (χ4n) is 1.45. The second kappa shape index (κ2) is 5.16. The molecule has 20 heavy (non-hydrogen) atoms. The van der Waals surface area contributed by atoms with Gasteiger partial charge in [0.2, 0.25) is 0 Å². The zero-order chi connectivity index (χ0) is 14.8. The molecule has 1 aromatic carbocycles. The maximum absolute atomic E-state index is 12.3. The van der Waals surface area contributed by atoms with Gasteiger partial charge in [-0.25, -0.2) is 4.98 Å². The number of nitrogens with one attached hydrogen (secondary N) is 1. The number of nitro groups is 1. The Kier molecular flexibility index (Phi) is 3.55. The predicted octanol–water partition coefficient (Wildman–Crippen LogP) is 3.75.